The molecule has 6 heteroatoms. The number of carbonyl (C=O) groups is 2. The van der Waals surface area contributed by atoms with Gasteiger partial charge in [0.15, 0.2) is 0 Å². The van der Waals surface area contributed by atoms with Crippen molar-refractivity contribution in [2.45, 2.75) is 37.1 Å². The van der Waals surface area contributed by atoms with Crippen LogP contribution in [0.15, 0.2) is 66.0 Å². The molecule has 2 heterocycles. The van der Waals surface area contributed by atoms with E-state index in [2.05, 4.69) is 28.9 Å². The normalized spacial score (nSPS) is 18.7. The van der Waals surface area contributed by atoms with Crippen LogP contribution in [0.2, 0.25) is 0 Å². The molecule has 0 bridgehead atoms. The predicted molar refractivity (Wildman–Crippen MR) is 123 cm³/mol. The van der Waals surface area contributed by atoms with Crippen molar-refractivity contribution >= 4 is 23.2 Å². The van der Waals surface area contributed by atoms with Gasteiger partial charge in [-0.1, -0.05) is 42.5 Å². The van der Waals surface area contributed by atoms with Gasteiger partial charge in [-0.15, -0.1) is 11.3 Å². The minimum Gasteiger partial charge on any atom is -0.355 e. The molecule has 1 atom stereocenters. The highest BCUT2D eigenvalue weighted by atomic mass is 32.1. The lowest BCUT2D eigenvalue weighted by molar-refractivity contribution is -0.133. The summed E-state index contributed by atoms with van der Waals surface area (Å²) >= 11 is 1.75. The average Bonchev–Trinajstić information content (AvgIpc) is 3.49. The maximum atomic E-state index is 13.6. The van der Waals surface area contributed by atoms with Crippen molar-refractivity contribution in [3.8, 4) is 0 Å². The number of thiophene rings is 1. The third-order valence-corrected chi connectivity index (χ3v) is 7.58. The fourth-order valence-electron chi connectivity index (χ4n) is 4.73. The first-order valence-corrected chi connectivity index (χ1v) is 11.9. The van der Waals surface area contributed by atoms with Crippen molar-refractivity contribution in [3.05, 3.63) is 93.4 Å². The van der Waals surface area contributed by atoms with Gasteiger partial charge in [-0.05, 0) is 59.5 Å². The number of hydrogen-bond donors (Lipinski definition) is 1. The van der Waals surface area contributed by atoms with Crippen molar-refractivity contribution in [3.63, 3.8) is 0 Å². The maximum absolute atomic E-state index is 13.6. The molecule has 3 aromatic rings. The third kappa shape index (κ3) is 3.84. The van der Waals surface area contributed by atoms with Gasteiger partial charge < -0.3 is 10.2 Å². The van der Waals surface area contributed by atoms with Gasteiger partial charge in [0.25, 0.3) is 0 Å². The summed E-state index contributed by atoms with van der Waals surface area (Å²) < 4.78 is 13.6. The van der Waals surface area contributed by atoms with E-state index in [-0.39, 0.29) is 36.6 Å². The lowest BCUT2D eigenvalue weighted by atomic mass is 9.93. The van der Waals surface area contributed by atoms with Crippen molar-refractivity contribution in [1.82, 2.24) is 10.2 Å². The van der Waals surface area contributed by atoms with E-state index in [9.17, 15) is 14.0 Å². The zero-order valence-electron chi connectivity index (χ0n) is 17.7. The SMILES string of the molecule is O=C(CCNC(=O)C1(c2cccc(F)c2)CC1)N1CCc2sccc2C1c1ccccc1. The van der Waals surface area contributed by atoms with Gasteiger partial charge in [0, 0.05) is 24.4 Å². The Bertz CT molecular complexity index is 1140. The van der Waals surface area contributed by atoms with E-state index >= 15 is 0 Å². The Balaban J connectivity index is 1.25. The van der Waals surface area contributed by atoms with Crippen LogP contribution in [0.5, 0.6) is 0 Å². The molecule has 2 aliphatic rings. The van der Waals surface area contributed by atoms with Gasteiger partial charge >= 0.3 is 0 Å². The van der Waals surface area contributed by atoms with Crippen LogP contribution < -0.4 is 5.32 Å². The molecule has 1 aliphatic heterocycles. The largest absolute Gasteiger partial charge is 0.355 e. The molecule has 164 valence electrons. The molecule has 2 aromatic carbocycles. The first-order chi connectivity index (χ1) is 15.6. The molecule has 4 nitrogen and oxygen atoms in total. The van der Waals surface area contributed by atoms with Crippen molar-refractivity contribution < 1.29 is 14.0 Å². The number of carbonyl (C=O) groups excluding carboxylic acids is 2. The number of fused-ring (bicyclic) bond motifs is 1. The summed E-state index contributed by atoms with van der Waals surface area (Å²) in [5.74, 6) is -0.414. The second kappa shape index (κ2) is 8.51. The molecule has 2 amide bonds. The lowest BCUT2D eigenvalue weighted by Gasteiger charge is -2.36. The van der Waals surface area contributed by atoms with Gasteiger partial charge in [0.1, 0.15) is 5.82 Å². The number of nitrogens with zero attached hydrogens (tertiary/aromatic N) is 1. The van der Waals surface area contributed by atoms with Crippen LogP contribution in [-0.4, -0.2) is 29.8 Å². The highest BCUT2D eigenvalue weighted by Gasteiger charge is 2.51. The molecule has 0 saturated heterocycles. The third-order valence-electron chi connectivity index (χ3n) is 6.59. The molecule has 1 fully saturated rings. The van der Waals surface area contributed by atoms with E-state index in [1.807, 2.05) is 23.1 Å². The fraction of sp³-hybridized carbons (Fsp3) is 0.308. The quantitative estimate of drug-likeness (QED) is 0.599. The maximum Gasteiger partial charge on any atom is 0.230 e. The Labute approximate surface area is 191 Å². The van der Waals surface area contributed by atoms with Crippen LogP contribution in [0, 0.1) is 5.82 Å². The summed E-state index contributed by atoms with van der Waals surface area (Å²) in [5, 5.41) is 5.03. The molecular formula is C26H25FN2O2S. The summed E-state index contributed by atoms with van der Waals surface area (Å²) in [6, 6.07) is 18.4. The second-order valence-corrected chi connectivity index (χ2v) is 9.55. The lowest BCUT2D eigenvalue weighted by Crippen LogP contribution is -2.42. The molecule has 1 aliphatic carbocycles. The number of benzene rings is 2. The summed E-state index contributed by atoms with van der Waals surface area (Å²) in [5.41, 5.74) is 2.38. The van der Waals surface area contributed by atoms with E-state index in [4.69, 9.17) is 0 Å². The number of amides is 2. The first kappa shape index (κ1) is 20.9. The number of rotatable bonds is 6. The molecule has 0 radical (unpaired) electrons. The van der Waals surface area contributed by atoms with Gasteiger partial charge in [0.05, 0.1) is 11.5 Å². The standard InChI is InChI=1S/C26H25FN2O2S/c27-20-8-4-7-19(17-20)26(12-13-26)25(31)28-14-9-23(30)29-15-10-22-21(11-16-32-22)24(29)18-5-2-1-3-6-18/h1-8,11,16-17,24H,9-10,12-15H2,(H,28,31). The molecule has 1 saturated carbocycles. The molecule has 32 heavy (non-hydrogen) atoms. The van der Waals surface area contributed by atoms with Crippen LogP contribution in [0.25, 0.3) is 0 Å². The van der Waals surface area contributed by atoms with Crippen LogP contribution >= 0.6 is 11.3 Å². The number of nitrogens with one attached hydrogen (secondary N) is 1. The van der Waals surface area contributed by atoms with Crippen LogP contribution in [0.3, 0.4) is 0 Å². The second-order valence-electron chi connectivity index (χ2n) is 8.55. The predicted octanol–water partition coefficient (Wildman–Crippen LogP) is 4.60. The molecule has 1 N–H and O–H groups in total. The van der Waals surface area contributed by atoms with Crippen LogP contribution in [-0.2, 0) is 21.4 Å². The molecular weight excluding hydrogens is 423 g/mol. The van der Waals surface area contributed by atoms with E-state index in [1.54, 1.807) is 23.5 Å². The van der Waals surface area contributed by atoms with Gasteiger partial charge in [-0.3, -0.25) is 9.59 Å². The average molecular weight is 449 g/mol. The summed E-state index contributed by atoms with van der Waals surface area (Å²) in [6.45, 7) is 0.955. The van der Waals surface area contributed by atoms with E-state index < -0.39 is 5.41 Å². The highest BCUT2D eigenvalue weighted by Crippen LogP contribution is 2.48. The monoisotopic (exact) mass is 448 g/mol. The summed E-state index contributed by atoms with van der Waals surface area (Å²) in [4.78, 5) is 29.3. The van der Waals surface area contributed by atoms with Gasteiger partial charge in [-0.2, -0.15) is 0 Å². The molecule has 1 aromatic heterocycles. The zero-order valence-corrected chi connectivity index (χ0v) is 18.5. The van der Waals surface area contributed by atoms with Gasteiger partial charge in [0.2, 0.25) is 11.8 Å². The van der Waals surface area contributed by atoms with E-state index in [1.165, 1.54) is 22.6 Å². The number of hydrogen-bond acceptors (Lipinski definition) is 3. The highest BCUT2D eigenvalue weighted by molar-refractivity contribution is 7.10. The Hall–Kier alpha value is -2.99. The Morgan fingerprint density at radius 2 is 1.91 bits per heavy atom. The summed E-state index contributed by atoms with van der Waals surface area (Å²) in [7, 11) is 0. The minimum atomic E-state index is -0.644. The van der Waals surface area contributed by atoms with Gasteiger partial charge in [-0.25, -0.2) is 4.39 Å². The Morgan fingerprint density at radius 3 is 2.66 bits per heavy atom. The minimum absolute atomic E-state index is 0.0339. The zero-order chi connectivity index (χ0) is 22.1. The summed E-state index contributed by atoms with van der Waals surface area (Å²) in [6.07, 6.45) is 2.52. The molecule has 0 spiro atoms. The smallest absolute Gasteiger partial charge is 0.230 e. The van der Waals surface area contributed by atoms with Crippen molar-refractivity contribution in [2.75, 3.05) is 13.1 Å². The Kier molecular flexibility index (Phi) is 5.55. The van der Waals surface area contributed by atoms with E-state index in [0.29, 0.717) is 24.9 Å². The number of halogens is 1. The molecule has 1 unspecified atom stereocenters. The van der Waals surface area contributed by atoms with Crippen molar-refractivity contribution in [2.24, 2.45) is 0 Å². The first-order valence-electron chi connectivity index (χ1n) is 11.0. The Morgan fingerprint density at radius 1 is 1.09 bits per heavy atom. The van der Waals surface area contributed by atoms with Crippen molar-refractivity contribution in [1.29, 1.82) is 0 Å². The van der Waals surface area contributed by atoms with Crippen LogP contribution in [0.4, 0.5) is 4.39 Å². The molecule has 5 rings (SSSR count). The van der Waals surface area contributed by atoms with E-state index in [0.717, 1.165) is 12.0 Å². The van der Waals surface area contributed by atoms with Crippen LogP contribution in [0.1, 0.15) is 46.9 Å². The fourth-order valence-corrected chi connectivity index (χ4v) is 5.64. The topological polar surface area (TPSA) is 49.4 Å².